The minimum atomic E-state index is -3.67. The minimum Gasteiger partial charge on any atom is -0.389 e. The van der Waals surface area contributed by atoms with Gasteiger partial charge in [0, 0.05) is 38.0 Å². The lowest BCUT2D eigenvalue weighted by Gasteiger charge is -2.18. The van der Waals surface area contributed by atoms with E-state index < -0.39 is 10.0 Å². The zero-order chi connectivity index (χ0) is 15.6. The maximum absolute atomic E-state index is 12.7. The molecule has 2 rings (SSSR count). The largest absolute Gasteiger partial charge is 0.389 e. The van der Waals surface area contributed by atoms with Crippen LogP contribution in [0.3, 0.4) is 0 Å². The van der Waals surface area contributed by atoms with Crippen LogP contribution in [-0.2, 0) is 23.6 Å². The Morgan fingerprint density at radius 2 is 2.10 bits per heavy atom. The molecule has 0 atom stereocenters. The lowest BCUT2D eigenvalue weighted by molar-refractivity contribution is 0.466. The molecule has 0 aliphatic rings. The first kappa shape index (κ1) is 15.6. The fraction of sp³-hybridized carbons (Fsp3) is 0.231. The first-order valence-corrected chi connectivity index (χ1v) is 8.00. The zero-order valence-corrected chi connectivity index (χ0v) is 13.4. The average molecular weight is 324 g/mol. The Hall–Kier alpha value is -1.77. The topological polar surface area (TPSA) is 81.2 Å². The monoisotopic (exact) mass is 324 g/mol. The first-order chi connectivity index (χ1) is 9.82. The van der Waals surface area contributed by atoms with Crippen LogP contribution in [-0.4, -0.2) is 34.5 Å². The number of aromatic nitrogens is 2. The molecule has 21 heavy (non-hydrogen) atoms. The van der Waals surface area contributed by atoms with E-state index >= 15 is 0 Å². The number of nitrogens with zero attached hydrogens (tertiary/aromatic N) is 3. The molecule has 2 aromatic rings. The van der Waals surface area contributed by atoms with Crippen molar-refractivity contribution in [3.8, 4) is 0 Å². The van der Waals surface area contributed by atoms with Crippen molar-refractivity contribution in [1.82, 2.24) is 14.1 Å². The third-order valence-corrected chi connectivity index (χ3v) is 5.09. The zero-order valence-electron chi connectivity index (χ0n) is 11.7. The summed E-state index contributed by atoms with van der Waals surface area (Å²) in [5.74, 6) is 0. The third kappa shape index (κ3) is 3.29. The molecule has 0 aliphatic carbocycles. The van der Waals surface area contributed by atoms with Crippen molar-refractivity contribution in [2.45, 2.75) is 11.4 Å². The maximum Gasteiger partial charge on any atom is 0.243 e. The van der Waals surface area contributed by atoms with Gasteiger partial charge in [0.15, 0.2) is 0 Å². The fourth-order valence-electron chi connectivity index (χ4n) is 1.96. The minimum absolute atomic E-state index is 0.0592. The molecule has 1 aromatic heterocycles. The lowest BCUT2D eigenvalue weighted by Crippen LogP contribution is -2.28. The molecule has 0 amide bonds. The van der Waals surface area contributed by atoms with Crippen LogP contribution < -0.4 is 5.73 Å². The van der Waals surface area contributed by atoms with E-state index in [0.29, 0.717) is 5.56 Å². The maximum atomic E-state index is 12.7. The van der Waals surface area contributed by atoms with E-state index in [1.807, 2.05) is 0 Å². The predicted octanol–water partition coefficient (Wildman–Crippen LogP) is 0.875. The van der Waals surface area contributed by atoms with Gasteiger partial charge in [-0.25, -0.2) is 8.42 Å². The number of rotatable bonds is 5. The highest BCUT2D eigenvalue weighted by Gasteiger charge is 2.24. The smallest absolute Gasteiger partial charge is 0.243 e. The van der Waals surface area contributed by atoms with E-state index in [9.17, 15) is 8.42 Å². The van der Waals surface area contributed by atoms with E-state index in [1.54, 1.807) is 42.3 Å². The molecule has 6 nitrogen and oxygen atoms in total. The van der Waals surface area contributed by atoms with Gasteiger partial charge in [0.1, 0.15) is 4.99 Å². The summed E-state index contributed by atoms with van der Waals surface area (Å²) in [6.45, 7) is 0.224. The molecular weight excluding hydrogens is 308 g/mol. The van der Waals surface area contributed by atoms with Gasteiger partial charge in [0.2, 0.25) is 10.0 Å². The van der Waals surface area contributed by atoms with Crippen LogP contribution >= 0.6 is 12.2 Å². The number of benzene rings is 1. The quantitative estimate of drug-likeness (QED) is 0.826. The second-order valence-corrected chi connectivity index (χ2v) is 7.10. The van der Waals surface area contributed by atoms with Gasteiger partial charge in [0.05, 0.1) is 11.1 Å². The molecule has 0 saturated heterocycles. The summed E-state index contributed by atoms with van der Waals surface area (Å²) >= 11 is 4.92. The van der Waals surface area contributed by atoms with Crippen molar-refractivity contribution >= 4 is 27.2 Å². The van der Waals surface area contributed by atoms with Crippen molar-refractivity contribution < 1.29 is 8.42 Å². The van der Waals surface area contributed by atoms with Crippen molar-refractivity contribution in [2.75, 3.05) is 7.05 Å². The standard InChI is InChI=1S/C13H16N4O2S2/c1-16-8-10(7-15-16)9-17(2)21(18,19)12-6-4-3-5-11(12)13(14)20/h3-8H,9H2,1-2H3,(H2,14,20). The van der Waals surface area contributed by atoms with Gasteiger partial charge in [-0.05, 0) is 6.07 Å². The van der Waals surface area contributed by atoms with Gasteiger partial charge >= 0.3 is 0 Å². The number of hydrogen-bond acceptors (Lipinski definition) is 4. The van der Waals surface area contributed by atoms with E-state index in [0.717, 1.165) is 5.56 Å². The van der Waals surface area contributed by atoms with Crippen molar-refractivity contribution in [3.05, 3.63) is 47.8 Å². The van der Waals surface area contributed by atoms with Gasteiger partial charge in [-0.2, -0.15) is 9.40 Å². The molecule has 0 radical (unpaired) electrons. The normalized spacial score (nSPS) is 11.8. The van der Waals surface area contributed by atoms with Crippen LogP contribution in [0, 0.1) is 0 Å². The number of hydrogen-bond donors (Lipinski definition) is 1. The molecule has 0 aliphatic heterocycles. The number of nitrogens with two attached hydrogens (primary N) is 1. The Labute approximate surface area is 129 Å². The van der Waals surface area contributed by atoms with E-state index in [-0.39, 0.29) is 16.4 Å². The Kier molecular flexibility index (Phi) is 4.40. The fourth-order valence-corrected chi connectivity index (χ4v) is 3.56. The Morgan fingerprint density at radius 3 is 2.67 bits per heavy atom. The highest BCUT2D eigenvalue weighted by molar-refractivity contribution is 7.89. The lowest BCUT2D eigenvalue weighted by atomic mass is 10.2. The summed E-state index contributed by atoms with van der Waals surface area (Å²) in [6.07, 6.45) is 3.40. The van der Waals surface area contributed by atoms with Crippen molar-refractivity contribution in [1.29, 1.82) is 0 Å². The molecule has 0 fully saturated rings. The molecule has 0 unspecified atom stereocenters. The van der Waals surface area contributed by atoms with Crippen molar-refractivity contribution in [2.24, 2.45) is 12.8 Å². The Balaban J connectivity index is 2.35. The molecule has 0 bridgehead atoms. The van der Waals surface area contributed by atoms with Crippen molar-refractivity contribution in [3.63, 3.8) is 0 Å². The molecule has 1 aromatic carbocycles. The molecular formula is C13H16N4O2S2. The molecule has 1 heterocycles. The van der Waals surface area contributed by atoms with Gasteiger partial charge < -0.3 is 5.73 Å². The average Bonchev–Trinajstić information content (AvgIpc) is 2.84. The summed E-state index contributed by atoms with van der Waals surface area (Å²) in [6, 6.07) is 6.46. The number of aryl methyl sites for hydroxylation is 1. The molecule has 2 N–H and O–H groups in total. The summed E-state index contributed by atoms with van der Waals surface area (Å²) < 4.78 is 28.2. The number of thiocarbonyl (C=S) groups is 1. The second kappa shape index (κ2) is 5.92. The summed E-state index contributed by atoms with van der Waals surface area (Å²) in [5, 5.41) is 4.02. The summed E-state index contributed by atoms with van der Waals surface area (Å²) in [7, 11) is -0.384. The van der Waals surface area contributed by atoms with E-state index in [4.69, 9.17) is 18.0 Å². The summed E-state index contributed by atoms with van der Waals surface area (Å²) in [5.41, 5.74) is 6.76. The predicted molar refractivity (Wildman–Crippen MR) is 84.2 cm³/mol. The highest BCUT2D eigenvalue weighted by Crippen LogP contribution is 2.20. The number of sulfonamides is 1. The SMILES string of the molecule is CN(Cc1cnn(C)c1)S(=O)(=O)c1ccccc1C(N)=S. The second-order valence-electron chi connectivity index (χ2n) is 4.64. The van der Waals surface area contributed by atoms with Gasteiger partial charge in [-0.15, -0.1) is 0 Å². The van der Waals surface area contributed by atoms with E-state index in [2.05, 4.69) is 5.10 Å². The van der Waals surface area contributed by atoms with Crippen LogP contribution in [0.4, 0.5) is 0 Å². The first-order valence-electron chi connectivity index (χ1n) is 6.15. The van der Waals surface area contributed by atoms with Crippen LogP contribution in [0.5, 0.6) is 0 Å². The highest BCUT2D eigenvalue weighted by atomic mass is 32.2. The Bertz CT molecular complexity index is 768. The molecule has 0 spiro atoms. The van der Waals surface area contributed by atoms with Crippen LogP contribution in [0.2, 0.25) is 0 Å². The molecule has 0 saturated carbocycles. The molecule has 8 heteroatoms. The van der Waals surface area contributed by atoms with Crippen LogP contribution in [0.15, 0.2) is 41.6 Å². The van der Waals surface area contributed by atoms with Gasteiger partial charge in [0.25, 0.3) is 0 Å². The van der Waals surface area contributed by atoms with Gasteiger partial charge in [-0.1, -0.05) is 30.4 Å². The van der Waals surface area contributed by atoms with E-state index in [1.165, 1.54) is 17.4 Å². The van der Waals surface area contributed by atoms with Crippen LogP contribution in [0.1, 0.15) is 11.1 Å². The third-order valence-electron chi connectivity index (χ3n) is 3.00. The molecule has 112 valence electrons. The van der Waals surface area contributed by atoms with Crippen LogP contribution in [0.25, 0.3) is 0 Å². The Morgan fingerprint density at radius 1 is 1.43 bits per heavy atom. The summed E-state index contributed by atoms with van der Waals surface area (Å²) in [4.78, 5) is 0.174. The van der Waals surface area contributed by atoms with Gasteiger partial charge in [-0.3, -0.25) is 4.68 Å².